The Morgan fingerprint density at radius 2 is 2.31 bits per heavy atom. The first-order valence-corrected chi connectivity index (χ1v) is 4.33. The van der Waals surface area contributed by atoms with Gasteiger partial charge < -0.3 is 4.74 Å². The van der Waals surface area contributed by atoms with Gasteiger partial charge in [0.15, 0.2) is 11.6 Å². The second-order valence-corrected chi connectivity index (χ2v) is 2.71. The van der Waals surface area contributed by atoms with Gasteiger partial charge in [-0.25, -0.2) is 4.39 Å². The molecule has 0 aliphatic heterocycles. The van der Waals surface area contributed by atoms with Gasteiger partial charge in [-0.15, -0.1) is 0 Å². The van der Waals surface area contributed by atoms with Crippen LogP contribution in [0.1, 0.15) is 18.9 Å². The van der Waals surface area contributed by atoms with E-state index >= 15 is 0 Å². The van der Waals surface area contributed by atoms with Crippen molar-refractivity contribution in [2.45, 2.75) is 13.3 Å². The fourth-order valence-electron chi connectivity index (χ4n) is 1.01. The molecule has 0 unspecified atom stereocenters. The van der Waals surface area contributed by atoms with E-state index in [1.807, 2.05) is 6.92 Å². The van der Waals surface area contributed by atoms with Gasteiger partial charge in [0.25, 0.3) is 0 Å². The molecule has 70 valence electrons. The summed E-state index contributed by atoms with van der Waals surface area (Å²) < 4.78 is 18.6. The van der Waals surface area contributed by atoms with Crippen molar-refractivity contribution in [2.75, 3.05) is 6.61 Å². The van der Waals surface area contributed by atoms with Crippen molar-refractivity contribution < 1.29 is 9.13 Å². The van der Waals surface area contributed by atoms with Gasteiger partial charge in [0.1, 0.15) is 0 Å². The summed E-state index contributed by atoms with van der Waals surface area (Å²) in [6.07, 6.45) is 2.35. The van der Waals surface area contributed by atoms with E-state index in [0.29, 0.717) is 17.9 Å². The largest absolute Gasteiger partial charge is 0.491 e. The first kappa shape index (κ1) is 9.78. The highest BCUT2D eigenvalue weighted by Crippen LogP contribution is 2.21. The highest BCUT2D eigenvalue weighted by molar-refractivity contribution is 5.50. The minimum atomic E-state index is -0.328. The third kappa shape index (κ3) is 2.31. The van der Waals surface area contributed by atoms with Crippen LogP contribution in [-0.2, 0) is 0 Å². The Balaban J connectivity index is 2.87. The number of ether oxygens (including phenoxy) is 1. The van der Waals surface area contributed by atoms with Crippen LogP contribution in [0.3, 0.4) is 0 Å². The molecule has 0 saturated heterocycles. The summed E-state index contributed by atoms with van der Waals surface area (Å²) in [6, 6.07) is 5.05. The predicted octanol–water partition coefficient (Wildman–Crippen LogP) is 3.26. The number of halogens is 1. The second-order valence-electron chi connectivity index (χ2n) is 2.71. The first-order chi connectivity index (χ1) is 6.29. The van der Waals surface area contributed by atoms with E-state index in [9.17, 15) is 4.39 Å². The van der Waals surface area contributed by atoms with E-state index in [0.717, 1.165) is 6.42 Å². The lowest BCUT2D eigenvalue weighted by Gasteiger charge is -2.06. The van der Waals surface area contributed by atoms with Gasteiger partial charge in [-0.3, -0.25) is 0 Å². The maximum atomic E-state index is 13.4. The molecule has 0 heterocycles. The monoisotopic (exact) mass is 180 g/mol. The molecule has 2 heteroatoms. The fourth-order valence-corrected chi connectivity index (χ4v) is 1.01. The van der Waals surface area contributed by atoms with Crippen molar-refractivity contribution in [1.29, 1.82) is 0 Å². The van der Waals surface area contributed by atoms with Gasteiger partial charge in [0.2, 0.25) is 0 Å². The van der Waals surface area contributed by atoms with Gasteiger partial charge in [-0.1, -0.05) is 31.7 Å². The van der Waals surface area contributed by atoms with Gasteiger partial charge in [-0.2, -0.15) is 0 Å². The summed E-state index contributed by atoms with van der Waals surface area (Å²) >= 11 is 0. The standard InChI is InChI=1S/C11H13FO/c1-3-8-13-10-7-5-6-9(4-2)11(10)12/h4-7H,2-3,8H2,1H3. The van der Waals surface area contributed by atoms with Gasteiger partial charge >= 0.3 is 0 Å². The van der Waals surface area contributed by atoms with Crippen molar-refractivity contribution in [1.82, 2.24) is 0 Å². The van der Waals surface area contributed by atoms with E-state index in [-0.39, 0.29) is 5.82 Å². The molecule has 0 spiro atoms. The lowest BCUT2D eigenvalue weighted by molar-refractivity contribution is 0.301. The molecular formula is C11H13FO. The lowest BCUT2D eigenvalue weighted by atomic mass is 10.2. The zero-order valence-corrected chi connectivity index (χ0v) is 7.72. The van der Waals surface area contributed by atoms with Crippen LogP contribution in [0.5, 0.6) is 5.75 Å². The molecule has 0 fully saturated rings. The normalized spacial score (nSPS) is 9.69. The molecule has 0 saturated carbocycles. The quantitative estimate of drug-likeness (QED) is 0.691. The molecule has 1 aromatic rings. The second kappa shape index (κ2) is 4.65. The predicted molar refractivity (Wildman–Crippen MR) is 52.3 cm³/mol. The molecule has 0 bridgehead atoms. The molecule has 13 heavy (non-hydrogen) atoms. The van der Waals surface area contributed by atoms with Crippen molar-refractivity contribution in [3.05, 3.63) is 36.2 Å². The smallest absolute Gasteiger partial charge is 0.172 e. The molecule has 0 amide bonds. The summed E-state index contributed by atoms with van der Waals surface area (Å²) in [5.41, 5.74) is 0.480. The Labute approximate surface area is 77.8 Å². The molecule has 0 atom stereocenters. The molecule has 0 aliphatic rings. The van der Waals surface area contributed by atoms with Crippen LogP contribution >= 0.6 is 0 Å². The highest BCUT2D eigenvalue weighted by atomic mass is 19.1. The Bertz CT molecular complexity index is 294. The third-order valence-electron chi connectivity index (χ3n) is 1.67. The Morgan fingerprint density at radius 3 is 2.92 bits per heavy atom. The minimum absolute atomic E-state index is 0.305. The van der Waals surface area contributed by atoms with Crippen LogP contribution in [0, 0.1) is 5.82 Å². The zero-order valence-electron chi connectivity index (χ0n) is 7.72. The Morgan fingerprint density at radius 1 is 1.54 bits per heavy atom. The zero-order chi connectivity index (χ0) is 9.68. The van der Waals surface area contributed by atoms with E-state index in [2.05, 4.69) is 6.58 Å². The maximum absolute atomic E-state index is 13.4. The van der Waals surface area contributed by atoms with Crippen molar-refractivity contribution in [2.24, 2.45) is 0 Å². The molecule has 0 radical (unpaired) electrons. The summed E-state index contributed by atoms with van der Waals surface area (Å²) in [5, 5.41) is 0. The van der Waals surface area contributed by atoms with E-state index in [4.69, 9.17) is 4.74 Å². The first-order valence-electron chi connectivity index (χ1n) is 4.33. The summed E-state index contributed by atoms with van der Waals surface area (Å²) in [7, 11) is 0. The third-order valence-corrected chi connectivity index (χ3v) is 1.67. The van der Waals surface area contributed by atoms with Gasteiger partial charge in [-0.05, 0) is 12.5 Å². The molecule has 1 rings (SSSR count). The molecule has 0 N–H and O–H groups in total. The minimum Gasteiger partial charge on any atom is -0.491 e. The van der Waals surface area contributed by atoms with Crippen molar-refractivity contribution in [3.8, 4) is 5.75 Å². The summed E-state index contributed by atoms with van der Waals surface area (Å²) in [6.45, 7) is 6.04. The summed E-state index contributed by atoms with van der Waals surface area (Å²) in [5.74, 6) is -0.0230. The molecule has 1 aromatic carbocycles. The van der Waals surface area contributed by atoms with E-state index in [1.165, 1.54) is 6.08 Å². The van der Waals surface area contributed by atoms with Crippen molar-refractivity contribution in [3.63, 3.8) is 0 Å². The number of benzene rings is 1. The van der Waals surface area contributed by atoms with Gasteiger partial charge in [0, 0.05) is 5.56 Å². The number of hydrogen-bond acceptors (Lipinski definition) is 1. The average Bonchev–Trinajstić information content (AvgIpc) is 2.16. The van der Waals surface area contributed by atoms with Crippen LogP contribution in [0.2, 0.25) is 0 Å². The molecule has 1 nitrogen and oxygen atoms in total. The number of hydrogen-bond donors (Lipinski definition) is 0. The maximum Gasteiger partial charge on any atom is 0.172 e. The van der Waals surface area contributed by atoms with Crippen LogP contribution in [0.15, 0.2) is 24.8 Å². The Kier molecular flexibility index (Phi) is 3.50. The van der Waals surface area contributed by atoms with Crippen LogP contribution in [-0.4, -0.2) is 6.61 Å². The molecular weight excluding hydrogens is 167 g/mol. The van der Waals surface area contributed by atoms with Crippen LogP contribution in [0.25, 0.3) is 6.08 Å². The van der Waals surface area contributed by atoms with Crippen LogP contribution in [0.4, 0.5) is 4.39 Å². The topological polar surface area (TPSA) is 9.23 Å². The molecule has 0 aliphatic carbocycles. The number of rotatable bonds is 4. The Hall–Kier alpha value is -1.31. The fraction of sp³-hybridized carbons (Fsp3) is 0.273. The van der Waals surface area contributed by atoms with Crippen molar-refractivity contribution >= 4 is 6.08 Å². The van der Waals surface area contributed by atoms with E-state index in [1.54, 1.807) is 18.2 Å². The lowest BCUT2D eigenvalue weighted by Crippen LogP contribution is -1.98. The average molecular weight is 180 g/mol. The van der Waals surface area contributed by atoms with Crippen LogP contribution < -0.4 is 4.74 Å². The summed E-state index contributed by atoms with van der Waals surface area (Å²) in [4.78, 5) is 0. The molecule has 0 aromatic heterocycles. The van der Waals surface area contributed by atoms with Gasteiger partial charge in [0.05, 0.1) is 6.61 Å². The van der Waals surface area contributed by atoms with E-state index < -0.39 is 0 Å². The highest BCUT2D eigenvalue weighted by Gasteiger charge is 2.05. The SMILES string of the molecule is C=Cc1cccc(OCCC)c1F.